The molecule has 5 rings (SSSR count). The minimum atomic E-state index is -0.630. The summed E-state index contributed by atoms with van der Waals surface area (Å²) in [6.07, 6.45) is 0. The van der Waals surface area contributed by atoms with Gasteiger partial charge in [0.25, 0.3) is 5.91 Å². The predicted octanol–water partition coefficient (Wildman–Crippen LogP) is 5.53. The minimum absolute atomic E-state index is 0.0433. The number of hydrogen-bond donors (Lipinski definition) is 1. The molecular formula is C30H31N3O4S. The molecule has 38 heavy (non-hydrogen) atoms. The molecule has 1 saturated heterocycles. The molecule has 0 saturated carbocycles. The van der Waals surface area contributed by atoms with Crippen LogP contribution in [0.2, 0.25) is 0 Å². The van der Waals surface area contributed by atoms with Crippen molar-refractivity contribution in [1.82, 2.24) is 4.90 Å². The first kappa shape index (κ1) is 25.9. The summed E-state index contributed by atoms with van der Waals surface area (Å²) in [7, 11) is 0. The fraction of sp³-hybridized carbons (Fsp3) is 0.300. The standard InChI is InChI=1S/C30H31N3O4S/c1-3-36-25-18-23-24(19-26(25)37-4-2)32-29(34)27(23)28(20-8-6-5-7-9-20)31-22-12-10-21(11-13-22)30(35)33-14-16-38-17-15-33/h5-13,18-19,27H,3-4,14-17H2,1-2H3,(H,32,34). The van der Waals surface area contributed by atoms with Gasteiger partial charge < -0.3 is 19.7 Å². The van der Waals surface area contributed by atoms with Crippen LogP contribution in [0.25, 0.3) is 0 Å². The van der Waals surface area contributed by atoms with E-state index in [-0.39, 0.29) is 11.8 Å². The van der Waals surface area contributed by atoms with Crippen LogP contribution >= 0.6 is 11.8 Å². The van der Waals surface area contributed by atoms with Gasteiger partial charge in [-0.3, -0.25) is 14.6 Å². The number of carbonyl (C=O) groups excluding carboxylic acids is 2. The molecule has 0 aromatic heterocycles. The van der Waals surface area contributed by atoms with Crippen molar-refractivity contribution < 1.29 is 19.1 Å². The number of ether oxygens (including phenoxy) is 2. The Morgan fingerprint density at radius 3 is 2.26 bits per heavy atom. The maximum atomic E-state index is 13.4. The Bertz CT molecular complexity index is 1340. The molecule has 1 fully saturated rings. The third kappa shape index (κ3) is 5.41. The van der Waals surface area contributed by atoms with E-state index in [1.54, 1.807) is 0 Å². The smallest absolute Gasteiger partial charge is 0.253 e. The summed E-state index contributed by atoms with van der Waals surface area (Å²) < 4.78 is 11.6. The molecule has 1 unspecified atom stereocenters. The highest BCUT2D eigenvalue weighted by Crippen LogP contribution is 2.43. The molecule has 3 aromatic rings. The van der Waals surface area contributed by atoms with Crippen molar-refractivity contribution in [2.45, 2.75) is 19.8 Å². The molecule has 0 radical (unpaired) electrons. The van der Waals surface area contributed by atoms with Crippen molar-refractivity contribution in [1.29, 1.82) is 0 Å². The number of thioether (sulfide) groups is 1. The van der Waals surface area contributed by atoms with Gasteiger partial charge in [0.2, 0.25) is 5.91 Å². The number of nitrogens with one attached hydrogen (secondary N) is 1. The summed E-state index contributed by atoms with van der Waals surface area (Å²) >= 11 is 1.87. The molecule has 2 aliphatic rings. The third-order valence-corrected chi connectivity index (χ3v) is 7.49. The quantitative estimate of drug-likeness (QED) is 0.388. The molecule has 7 nitrogen and oxygen atoms in total. The molecular weight excluding hydrogens is 498 g/mol. The normalized spacial score (nSPS) is 17.1. The molecule has 0 spiro atoms. The largest absolute Gasteiger partial charge is 0.490 e. The molecule has 0 aliphatic carbocycles. The van der Waals surface area contributed by atoms with E-state index in [0.29, 0.717) is 47.4 Å². The number of rotatable bonds is 8. The lowest BCUT2D eigenvalue weighted by Crippen LogP contribution is -2.37. The number of carbonyl (C=O) groups is 2. The highest BCUT2D eigenvalue weighted by atomic mass is 32.2. The van der Waals surface area contributed by atoms with Gasteiger partial charge in [0, 0.05) is 41.9 Å². The van der Waals surface area contributed by atoms with E-state index >= 15 is 0 Å². The van der Waals surface area contributed by atoms with Crippen LogP contribution in [-0.4, -0.2) is 60.2 Å². The van der Waals surface area contributed by atoms with Gasteiger partial charge >= 0.3 is 0 Å². The minimum Gasteiger partial charge on any atom is -0.490 e. The van der Waals surface area contributed by atoms with Gasteiger partial charge in [0.05, 0.1) is 24.6 Å². The zero-order valence-corrected chi connectivity index (χ0v) is 22.4. The first-order chi connectivity index (χ1) is 18.6. The van der Waals surface area contributed by atoms with Crippen LogP contribution in [-0.2, 0) is 4.79 Å². The third-order valence-electron chi connectivity index (χ3n) is 6.55. The Labute approximate surface area is 227 Å². The first-order valence-electron chi connectivity index (χ1n) is 12.9. The summed E-state index contributed by atoms with van der Waals surface area (Å²) in [5.74, 6) is 2.39. The van der Waals surface area contributed by atoms with Crippen molar-refractivity contribution in [3.05, 3.63) is 83.4 Å². The van der Waals surface area contributed by atoms with E-state index in [4.69, 9.17) is 14.5 Å². The molecule has 1 N–H and O–H groups in total. The highest BCUT2D eigenvalue weighted by Gasteiger charge is 2.37. The summed E-state index contributed by atoms with van der Waals surface area (Å²) in [6.45, 7) is 6.33. The van der Waals surface area contributed by atoms with Gasteiger partial charge in [-0.25, -0.2) is 0 Å². The maximum Gasteiger partial charge on any atom is 0.253 e. The molecule has 0 bridgehead atoms. The zero-order chi connectivity index (χ0) is 26.5. The summed E-state index contributed by atoms with van der Waals surface area (Å²) in [5, 5.41) is 3.00. The van der Waals surface area contributed by atoms with Gasteiger partial charge in [0.1, 0.15) is 5.92 Å². The number of nitrogens with zero attached hydrogens (tertiary/aromatic N) is 2. The van der Waals surface area contributed by atoms with Crippen LogP contribution in [0.3, 0.4) is 0 Å². The molecule has 2 aliphatic heterocycles. The van der Waals surface area contributed by atoms with E-state index in [0.717, 1.165) is 35.7 Å². The zero-order valence-electron chi connectivity index (χ0n) is 21.6. The van der Waals surface area contributed by atoms with Crippen molar-refractivity contribution >= 4 is 40.7 Å². The van der Waals surface area contributed by atoms with Crippen molar-refractivity contribution in [2.24, 2.45) is 4.99 Å². The number of fused-ring (bicyclic) bond motifs is 1. The average molecular weight is 530 g/mol. The summed E-state index contributed by atoms with van der Waals surface area (Å²) in [6, 6.07) is 20.7. The first-order valence-corrected chi connectivity index (χ1v) is 14.1. The molecule has 3 aromatic carbocycles. The van der Waals surface area contributed by atoms with Gasteiger partial charge in [-0.15, -0.1) is 0 Å². The maximum absolute atomic E-state index is 13.4. The van der Waals surface area contributed by atoms with Gasteiger partial charge in [-0.2, -0.15) is 11.8 Å². The number of benzene rings is 3. The molecule has 2 heterocycles. The average Bonchev–Trinajstić information content (AvgIpc) is 3.27. The Morgan fingerprint density at radius 1 is 0.947 bits per heavy atom. The lowest BCUT2D eigenvalue weighted by atomic mass is 9.90. The van der Waals surface area contributed by atoms with Crippen LogP contribution in [0, 0.1) is 0 Å². The van der Waals surface area contributed by atoms with Crippen LogP contribution in [0.15, 0.2) is 71.7 Å². The number of amides is 2. The van der Waals surface area contributed by atoms with Crippen LogP contribution in [0.1, 0.15) is 41.3 Å². The second-order valence-corrected chi connectivity index (χ2v) is 10.2. The monoisotopic (exact) mass is 529 g/mol. The molecule has 8 heteroatoms. The van der Waals surface area contributed by atoms with Gasteiger partial charge in [0.15, 0.2) is 11.5 Å². The molecule has 196 valence electrons. The molecule has 1 atom stereocenters. The van der Waals surface area contributed by atoms with E-state index < -0.39 is 5.92 Å². The highest BCUT2D eigenvalue weighted by molar-refractivity contribution is 7.99. The van der Waals surface area contributed by atoms with Crippen molar-refractivity contribution in [3.63, 3.8) is 0 Å². The second kappa shape index (κ2) is 11.7. The van der Waals surface area contributed by atoms with Crippen LogP contribution in [0.5, 0.6) is 11.5 Å². The predicted molar refractivity (Wildman–Crippen MR) is 152 cm³/mol. The van der Waals surface area contributed by atoms with Gasteiger partial charge in [-0.1, -0.05) is 30.3 Å². The number of anilines is 1. The Balaban J connectivity index is 1.52. The fourth-order valence-corrected chi connectivity index (χ4v) is 5.65. The second-order valence-electron chi connectivity index (χ2n) is 8.99. The SMILES string of the molecule is CCOc1cc2c(cc1OCC)C(C(=Nc1ccc(C(=O)N3CCSCC3)cc1)c1ccccc1)C(=O)N2. The summed E-state index contributed by atoms with van der Waals surface area (Å²) in [4.78, 5) is 33.1. The lowest BCUT2D eigenvalue weighted by molar-refractivity contribution is -0.115. The Hall–Kier alpha value is -3.78. The lowest BCUT2D eigenvalue weighted by Gasteiger charge is -2.26. The van der Waals surface area contributed by atoms with Crippen LogP contribution < -0.4 is 14.8 Å². The van der Waals surface area contributed by atoms with E-state index in [2.05, 4.69) is 5.32 Å². The van der Waals surface area contributed by atoms with Crippen molar-refractivity contribution in [2.75, 3.05) is 43.1 Å². The Kier molecular flexibility index (Phi) is 7.98. The van der Waals surface area contributed by atoms with Crippen molar-refractivity contribution in [3.8, 4) is 11.5 Å². The summed E-state index contributed by atoms with van der Waals surface area (Å²) in [5.41, 5.74) is 4.27. The number of hydrogen-bond acceptors (Lipinski definition) is 6. The van der Waals surface area contributed by atoms with E-state index in [1.165, 1.54) is 0 Å². The molecule has 2 amide bonds. The van der Waals surface area contributed by atoms with Crippen LogP contribution in [0.4, 0.5) is 11.4 Å². The van der Waals surface area contributed by atoms with Gasteiger partial charge in [-0.05, 0) is 55.3 Å². The number of aliphatic imine (C=N–C) groups is 1. The van der Waals surface area contributed by atoms with E-state index in [1.807, 2.05) is 97.2 Å². The fourth-order valence-electron chi connectivity index (χ4n) is 4.75. The topological polar surface area (TPSA) is 80.2 Å². The van der Waals surface area contributed by atoms with E-state index in [9.17, 15) is 9.59 Å². The Morgan fingerprint density at radius 2 is 1.61 bits per heavy atom.